The number of ether oxygens (including phenoxy) is 3. The molecule has 0 radical (unpaired) electrons. The number of halogens is 2. The van der Waals surface area contributed by atoms with Gasteiger partial charge in [0.15, 0.2) is 0 Å². The van der Waals surface area contributed by atoms with Gasteiger partial charge in [0.2, 0.25) is 5.91 Å². The lowest BCUT2D eigenvalue weighted by atomic mass is 9.78. The lowest BCUT2D eigenvalue weighted by Gasteiger charge is -2.31. The molecule has 10 heteroatoms. The van der Waals surface area contributed by atoms with Gasteiger partial charge in [0.25, 0.3) is 0 Å². The number of thioether (sulfide) groups is 1. The van der Waals surface area contributed by atoms with Gasteiger partial charge in [-0.25, -0.2) is 0 Å². The average Bonchev–Trinajstić information content (AvgIpc) is 2.81. The summed E-state index contributed by atoms with van der Waals surface area (Å²) in [4.78, 5) is 25.4. The Morgan fingerprint density at radius 2 is 2.00 bits per heavy atom. The van der Waals surface area contributed by atoms with Crippen molar-refractivity contribution in [3.05, 3.63) is 68.1 Å². The van der Waals surface area contributed by atoms with E-state index in [9.17, 15) is 14.9 Å². The van der Waals surface area contributed by atoms with Crippen molar-refractivity contribution in [2.75, 3.05) is 26.6 Å². The number of nitrogens with zero attached hydrogens (tertiary/aromatic N) is 1. The number of carbonyl (C=O) groups is 2. The standard InChI is InChI=1S/C23H20BrClN2O5S/c1-30-17-8-7-13(11-15(17)24)19-14(12-26)22(27-21(28)20(19)23(29)31-2)33-10-9-32-18-6-4-3-5-16(18)25/h3-8,11,19-20H,9-10H2,1-2H3,(H,27,28)/t19-,20+/m1/s1. The molecule has 0 aliphatic carbocycles. The number of nitriles is 1. The molecule has 1 N–H and O–H groups in total. The molecule has 1 heterocycles. The highest BCUT2D eigenvalue weighted by Crippen LogP contribution is 2.42. The lowest BCUT2D eigenvalue weighted by molar-refractivity contribution is -0.150. The van der Waals surface area contributed by atoms with E-state index in [-0.39, 0.29) is 5.57 Å². The molecule has 0 aromatic heterocycles. The number of hydrogen-bond acceptors (Lipinski definition) is 7. The zero-order valence-electron chi connectivity index (χ0n) is 17.8. The smallest absolute Gasteiger partial charge is 0.319 e. The van der Waals surface area contributed by atoms with Gasteiger partial charge in [0, 0.05) is 11.7 Å². The number of esters is 1. The molecule has 0 unspecified atom stereocenters. The Morgan fingerprint density at radius 1 is 1.24 bits per heavy atom. The first-order valence-corrected chi connectivity index (χ1v) is 11.9. The second kappa shape index (κ2) is 11.5. The van der Waals surface area contributed by atoms with Crippen molar-refractivity contribution >= 4 is 51.2 Å². The van der Waals surface area contributed by atoms with Gasteiger partial charge in [0.1, 0.15) is 17.4 Å². The SMILES string of the molecule is COC(=O)[C@@H]1C(=O)NC(SCCOc2ccccc2Cl)=C(C#N)[C@H]1c1ccc(OC)c(Br)c1. The monoisotopic (exact) mass is 550 g/mol. The number of para-hydroxylation sites is 1. The topological polar surface area (TPSA) is 97.7 Å². The summed E-state index contributed by atoms with van der Waals surface area (Å²) in [5.41, 5.74) is 0.875. The summed E-state index contributed by atoms with van der Waals surface area (Å²) in [5, 5.41) is 13.5. The Balaban J connectivity index is 1.89. The van der Waals surface area contributed by atoms with Crippen LogP contribution in [0.25, 0.3) is 0 Å². The van der Waals surface area contributed by atoms with Crippen molar-refractivity contribution in [3.63, 3.8) is 0 Å². The summed E-state index contributed by atoms with van der Waals surface area (Å²) in [6.07, 6.45) is 0. The minimum Gasteiger partial charge on any atom is -0.496 e. The van der Waals surface area contributed by atoms with Crippen LogP contribution < -0.4 is 14.8 Å². The zero-order chi connectivity index (χ0) is 24.0. The van der Waals surface area contributed by atoms with Crippen LogP contribution in [0.2, 0.25) is 5.02 Å². The zero-order valence-corrected chi connectivity index (χ0v) is 20.9. The molecule has 0 saturated heterocycles. The second-order valence-corrected chi connectivity index (χ2v) is 9.21. The van der Waals surface area contributed by atoms with Crippen LogP contribution in [0, 0.1) is 17.2 Å². The van der Waals surface area contributed by atoms with E-state index in [1.54, 1.807) is 36.4 Å². The average molecular weight is 552 g/mol. The lowest BCUT2D eigenvalue weighted by Crippen LogP contribution is -2.44. The third-order valence-electron chi connectivity index (χ3n) is 4.94. The van der Waals surface area contributed by atoms with Gasteiger partial charge >= 0.3 is 5.97 Å². The predicted octanol–water partition coefficient (Wildman–Crippen LogP) is 4.66. The summed E-state index contributed by atoms with van der Waals surface area (Å²) >= 11 is 10.8. The van der Waals surface area contributed by atoms with E-state index in [4.69, 9.17) is 25.8 Å². The van der Waals surface area contributed by atoms with Crippen molar-refractivity contribution in [2.24, 2.45) is 5.92 Å². The van der Waals surface area contributed by atoms with Crippen LogP contribution in [0.1, 0.15) is 11.5 Å². The van der Waals surface area contributed by atoms with Crippen molar-refractivity contribution < 1.29 is 23.8 Å². The molecule has 2 aromatic rings. The minimum absolute atomic E-state index is 0.268. The number of amides is 1. The Labute approximate surface area is 209 Å². The molecular weight excluding hydrogens is 532 g/mol. The summed E-state index contributed by atoms with van der Waals surface area (Å²) in [5.74, 6) is -1.70. The molecule has 0 spiro atoms. The maximum absolute atomic E-state index is 12.9. The first-order chi connectivity index (χ1) is 15.9. The van der Waals surface area contributed by atoms with Gasteiger partial charge in [0.05, 0.1) is 47.0 Å². The van der Waals surface area contributed by atoms with Crippen molar-refractivity contribution in [3.8, 4) is 17.6 Å². The first kappa shape index (κ1) is 25.0. The number of methoxy groups -OCH3 is 2. The molecule has 1 aliphatic heterocycles. The Kier molecular flexibility index (Phi) is 8.67. The third-order valence-corrected chi connectivity index (χ3v) is 6.86. The largest absolute Gasteiger partial charge is 0.496 e. The van der Waals surface area contributed by atoms with E-state index in [0.29, 0.717) is 43.9 Å². The van der Waals surface area contributed by atoms with E-state index in [1.807, 2.05) is 6.07 Å². The Bertz CT molecular complexity index is 1130. The van der Waals surface area contributed by atoms with E-state index in [1.165, 1.54) is 26.0 Å². The second-order valence-electron chi connectivity index (χ2n) is 6.84. The molecule has 0 bridgehead atoms. The van der Waals surface area contributed by atoms with Crippen LogP contribution >= 0.6 is 39.3 Å². The summed E-state index contributed by atoms with van der Waals surface area (Å²) in [6, 6.07) is 14.5. The first-order valence-electron chi connectivity index (χ1n) is 9.77. The number of allylic oxidation sites excluding steroid dienone is 1. The van der Waals surface area contributed by atoms with Crippen LogP contribution in [0.5, 0.6) is 11.5 Å². The van der Waals surface area contributed by atoms with E-state index in [0.717, 1.165) is 0 Å². The number of benzene rings is 2. The third kappa shape index (κ3) is 5.64. The molecule has 7 nitrogen and oxygen atoms in total. The molecule has 1 aliphatic rings. The number of nitrogens with one attached hydrogen (secondary N) is 1. The summed E-state index contributed by atoms with van der Waals surface area (Å²) in [7, 11) is 2.74. The van der Waals surface area contributed by atoms with Crippen molar-refractivity contribution in [1.82, 2.24) is 5.32 Å². The normalized spacial score (nSPS) is 17.7. The molecule has 33 heavy (non-hydrogen) atoms. The highest BCUT2D eigenvalue weighted by Gasteiger charge is 2.44. The van der Waals surface area contributed by atoms with Gasteiger partial charge in [-0.15, -0.1) is 11.8 Å². The number of hydrogen-bond donors (Lipinski definition) is 1. The van der Waals surface area contributed by atoms with Gasteiger partial charge in [-0.3, -0.25) is 9.59 Å². The highest BCUT2D eigenvalue weighted by atomic mass is 79.9. The van der Waals surface area contributed by atoms with Crippen LogP contribution in [-0.2, 0) is 14.3 Å². The molecule has 1 amide bonds. The Hall–Kier alpha value is -2.67. The fourth-order valence-corrected chi connectivity index (χ4v) is 5.03. The van der Waals surface area contributed by atoms with Gasteiger partial charge in [-0.05, 0) is 45.8 Å². The molecule has 3 rings (SSSR count). The highest BCUT2D eigenvalue weighted by molar-refractivity contribution is 9.10. The molecule has 2 aromatic carbocycles. The summed E-state index contributed by atoms with van der Waals surface area (Å²) < 4.78 is 16.5. The predicted molar refractivity (Wildman–Crippen MR) is 129 cm³/mol. The van der Waals surface area contributed by atoms with Gasteiger partial charge < -0.3 is 19.5 Å². The quantitative estimate of drug-likeness (QED) is 0.289. The molecular formula is C23H20BrClN2O5S. The van der Waals surface area contributed by atoms with E-state index in [2.05, 4.69) is 27.3 Å². The van der Waals surface area contributed by atoms with Crippen molar-refractivity contribution in [1.29, 1.82) is 5.26 Å². The van der Waals surface area contributed by atoms with Crippen LogP contribution in [0.15, 0.2) is 57.5 Å². The fourth-order valence-electron chi connectivity index (χ4n) is 3.41. The van der Waals surface area contributed by atoms with Crippen LogP contribution in [-0.4, -0.2) is 38.5 Å². The van der Waals surface area contributed by atoms with E-state index < -0.39 is 23.7 Å². The van der Waals surface area contributed by atoms with Crippen LogP contribution in [0.4, 0.5) is 0 Å². The van der Waals surface area contributed by atoms with Gasteiger partial charge in [-0.1, -0.05) is 29.8 Å². The molecule has 0 fully saturated rings. The number of rotatable bonds is 8. The van der Waals surface area contributed by atoms with Gasteiger partial charge in [-0.2, -0.15) is 5.26 Å². The minimum atomic E-state index is -1.20. The molecule has 172 valence electrons. The molecule has 2 atom stereocenters. The molecule has 0 saturated carbocycles. The Morgan fingerprint density at radius 3 is 2.64 bits per heavy atom. The maximum atomic E-state index is 12.9. The maximum Gasteiger partial charge on any atom is 0.319 e. The fraction of sp³-hybridized carbons (Fsp3) is 0.261. The van der Waals surface area contributed by atoms with Crippen molar-refractivity contribution in [2.45, 2.75) is 5.92 Å². The van der Waals surface area contributed by atoms with E-state index >= 15 is 0 Å². The number of carbonyl (C=O) groups excluding carboxylic acids is 2. The van der Waals surface area contributed by atoms with Crippen LogP contribution in [0.3, 0.4) is 0 Å². The summed E-state index contributed by atoms with van der Waals surface area (Å²) in [6.45, 7) is 0.297.